The van der Waals surface area contributed by atoms with Gasteiger partial charge in [0.1, 0.15) is 29.2 Å². The first-order chi connectivity index (χ1) is 12.4. The zero-order valence-electron chi connectivity index (χ0n) is 13.8. The summed E-state index contributed by atoms with van der Waals surface area (Å²) in [5.74, 6) is -6.58. The highest BCUT2D eigenvalue weighted by molar-refractivity contribution is 7.95. The lowest BCUT2D eigenvalue weighted by atomic mass is 10.0. The molecule has 0 spiro atoms. The first kappa shape index (κ1) is 21.1. The molecule has 0 unspecified atom stereocenters. The number of sulfone groups is 1. The molecule has 1 aromatic rings. The van der Waals surface area contributed by atoms with Crippen LogP contribution < -0.4 is 4.74 Å². The van der Waals surface area contributed by atoms with Gasteiger partial charge in [-0.05, 0) is 17.7 Å². The summed E-state index contributed by atoms with van der Waals surface area (Å²) >= 11 is 0. The molecule has 1 atom stereocenters. The number of rotatable bonds is 4. The van der Waals surface area contributed by atoms with E-state index in [-0.39, 0.29) is 11.3 Å². The average molecular weight is 410 g/mol. The lowest BCUT2D eigenvalue weighted by molar-refractivity contribution is -0.105. The van der Waals surface area contributed by atoms with Crippen LogP contribution >= 0.6 is 0 Å². The number of benzene rings is 1. The quantitative estimate of drug-likeness (QED) is 0.767. The lowest BCUT2D eigenvalue weighted by Gasteiger charge is -2.23. The highest BCUT2D eigenvalue weighted by Crippen LogP contribution is 2.35. The molecule has 0 saturated heterocycles. The number of ether oxygens (including phenoxy) is 1. The summed E-state index contributed by atoms with van der Waals surface area (Å²) < 4.78 is 96.3. The first-order valence-electron chi connectivity index (χ1n) is 7.52. The van der Waals surface area contributed by atoms with Gasteiger partial charge < -0.3 is 9.84 Å². The van der Waals surface area contributed by atoms with Crippen LogP contribution in [0.1, 0.15) is 12.8 Å². The molecule has 4 nitrogen and oxygen atoms in total. The van der Waals surface area contributed by atoms with Crippen LogP contribution in [-0.4, -0.2) is 31.6 Å². The van der Waals surface area contributed by atoms with Crippen molar-refractivity contribution in [3.05, 3.63) is 64.8 Å². The fourth-order valence-electron chi connectivity index (χ4n) is 2.31. The summed E-state index contributed by atoms with van der Waals surface area (Å²) in [5.41, 5.74) is -0.362. The summed E-state index contributed by atoms with van der Waals surface area (Å²) in [4.78, 5) is -0.779. The molecule has 0 saturated carbocycles. The zero-order valence-corrected chi connectivity index (χ0v) is 14.6. The van der Waals surface area contributed by atoms with Crippen molar-refractivity contribution in [2.45, 2.75) is 24.9 Å². The van der Waals surface area contributed by atoms with Crippen molar-refractivity contribution in [1.82, 2.24) is 0 Å². The molecule has 0 heterocycles. The van der Waals surface area contributed by atoms with Gasteiger partial charge in [-0.3, -0.25) is 0 Å². The molecule has 0 aromatic heterocycles. The van der Waals surface area contributed by atoms with E-state index in [1.54, 1.807) is 0 Å². The van der Waals surface area contributed by atoms with Crippen molar-refractivity contribution in [3.8, 4) is 5.75 Å². The summed E-state index contributed by atoms with van der Waals surface area (Å²) in [6.07, 6.45) is -2.85. The lowest BCUT2D eigenvalue weighted by Crippen LogP contribution is -2.35. The average Bonchev–Trinajstić information content (AvgIpc) is 2.58. The second kappa shape index (κ2) is 7.81. The SMILES string of the molecule is C=C1CC(F)(F)[C@@H](O)C/C(S(=O)(=O)CF)=C\C=C/1Oc1cc(F)cc(F)c1. The van der Waals surface area contributed by atoms with Crippen molar-refractivity contribution in [2.24, 2.45) is 0 Å². The van der Waals surface area contributed by atoms with E-state index in [0.29, 0.717) is 6.07 Å². The van der Waals surface area contributed by atoms with Gasteiger partial charge in [0, 0.05) is 31.0 Å². The predicted molar refractivity (Wildman–Crippen MR) is 87.4 cm³/mol. The van der Waals surface area contributed by atoms with E-state index in [1.165, 1.54) is 0 Å². The van der Waals surface area contributed by atoms with Gasteiger partial charge in [0.25, 0.3) is 5.92 Å². The summed E-state index contributed by atoms with van der Waals surface area (Å²) in [6, 6.07) is 0.270. The van der Waals surface area contributed by atoms with E-state index in [0.717, 1.165) is 24.3 Å². The Labute approximate surface area is 152 Å². The molecule has 0 radical (unpaired) electrons. The second-order valence-electron chi connectivity index (χ2n) is 5.86. The van der Waals surface area contributed by atoms with Crippen molar-refractivity contribution in [1.29, 1.82) is 0 Å². The molecule has 10 heteroatoms. The Bertz CT molecular complexity index is 886. The number of allylic oxidation sites excluding steroid dienone is 3. The van der Waals surface area contributed by atoms with Gasteiger partial charge in [-0.2, -0.15) is 0 Å². The molecule has 1 aliphatic rings. The van der Waals surface area contributed by atoms with Crippen molar-refractivity contribution >= 4 is 9.84 Å². The van der Waals surface area contributed by atoms with Crippen molar-refractivity contribution < 1.29 is 40.2 Å². The van der Waals surface area contributed by atoms with Crippen LogP contribution in [-0.2, 0) is 9.84 Å². The number of halogens is 5. The number of aliphatic hydroxyl groups is 1. The largest absolute Gasteiger partial charge is 0.457 e. The summed E-state index contributed by atoms with van der Waals surface area (Å²) in [7, 11) is -4.54. The maximum Gasteiger partial charge on any atom is 0.277 e. The van der Waals surface area contributed by atoms with E-state index in [2.05, 4.69) is 6.58 Å². The van der Waals surface area contributed by atoms with Crippen molar-refractivity contribution in [3.63, 3.8) is 0 Å². The van der Waals surface area contributed by atoms with Gasteiger partial charge >= 0.3 is 0 Å². The van der Waals surface area contributed by atoms with Crippen LogP contribution in [0.4, 0.5) is 22.0 Å². The molecule has 27 heavy (non-hydrogen) atoms. The van der Waals surface area contributed by atoms with Gasteiger partial charge in [0.15, 0.2) is 6.01 Å². The van der Waals surface area contributed by atoms with E-state index >= 15 is 0 Å². The minimum absolute atomic E-state index is 0.362. The molecule has 1 aliphatic carbocycles. The van der Waals surface area contributed by atoms with Gasteiger partial charge in [-0.25, -0.2) is 30.4 Å². The van der Waals surface area contributed by atoms with Crippen LogP contribution in [0, 0.1) is 11.6 Å². The number of hydrogen-bond donors (Lipinski definition) is 1. The number of hydrogen-bond acceptors (Lipinski definition) is 4. The van der Waals surface area contributed by atoms with Gasteiger partial charge in [-0.15, -0.1) is 0 Å². The van der Waals surface area contributed by atoms with Crippen LogP contribution in [0.3, 0.4) is 0 Å². The Morgan fingerprint density at radius 2 is 1.78 bits per heavy atom. The van der Waals surface area contributed by atoms with Crippen molar-refractivity contribution in [2.75, 3.05) is 6.01 Å². The third-order valence-corrected chi connectivity index (χ3v) is 5.10. The molecule has 2 rings (SSSR count). The molecule has 1 N–H and O–H groups in total. The molecule has 0 amide bonds. The second-order valence-corrected chi connectivity index (χ2v) is 7.83. The van der Waals surface area contributed by atoms with E-state index in [9.17, 15) is 35.5 Å². The maximum atomic E-state index is 14.1. The molecule has 0 aliphatic heterocycles. The highest BCUT2D eigenvalue weighted by Gasteiger charge is 2.41. The third-order valence-electron chi connectivity index (χ3n) is 3.71. The van der Waals surface area contributed by atoms with Crippen LogP contribution in [0.5, 0.6) is 5.75 Å². The molecular formula is C17H15F5O4S. The van der Waals surface area contributed by atoms with E-state index in [4.69, 9.17) is 4.74 Å². The van der Waals surface area contributed by atoms with Gasteiger partial charge in [-0.1, -0.05) is 6.58 Å². The Hall–Kier alpha value is -2.20. The summed E-state index contributed by atoms with van der Waals surface area (Å²) in [6.45, 7) is 3.39. The van der Waals surface area contributed by atoms with Crippen LogP contribution in [0.25, 0.3) is 0 Å². The zero-order chi connectivity index (χ0) is 20.4. The molecule has 1 aromatic carbocycles. The normalized spacial score (nSPS) is 24.7. The predicted octanol–water partition coefficient (Wildman–Crippen LogP) is 3.80. The summed E-state index contributed by atoms with van der Waals surface area (Å²) in [5, 5.41) is 9.68. The Balaban J connectivity index is 2.51. The molecular weight excluding hydrogens is 395 g/mol. The van der Waals surface area contributed by atoms with E-state index in [1.807, 2.05) is 0 Å². The van der Waals surface area contributed by atoms with Gasteiger partial charge in [0.2, 0.25) is 9.84 Å². The van der Waals surface area contributed by atoms with E-state index < -0.39 is 63.0 Å². The molecule has 0 fully saturated rings. The molecule has 148 valence electrons. The monoisotopic (exact) mass is 410 g/mol. The fourth-order valence-corrected chi connectivity index (χ4v) is 3.13. The molecule has 0 bridgehead atoms. The fraction of sp³-hybridized carbons (Fsp3) is 0.294. The Morgan fingerprint density at radius 3 is 2.33 bits per heavy atom. The Kier molecular flexibility index (Phi) is 6.10. The minimum atomic E-state index is -4.54. The number of aliphatic hydroxyl groups excluding tert-OH is 1. The Morgan fingerprint density at radius 1 is 1.19 bits per heavy atom. The topological polar surface area (TPSA) is 63.6 Å². The highest BCUT2D eigenvalue weighted by atomic mass is 32.2. The van der Waals surface area contributed by atoms with Gasteiger partial charge in [0.05, 0.1) is 4.91 Å². The number of alkyl halides is 3. The standard InChI is InChI=1S/C17H15F5O4S/c1-10-8-17(21,22)16(23)7-14(27(24,25)9-18)2-3-15(10)26-13-5-11(19)4-12(20)6-13/h2-6,16,23H,1,7-9H2/b14-2+,15-3+/t16-/m0/s1. The van der Waals surface area contributed by atoms with Crippen LogP contribution in [0.15, 0.2) is 53.2 Å². The maximum absolute atomic E-state index is 14.1. The minimum Gasteiger partial charge on any atom is -0.457 e. The van der Waals surface area contributed by atoms with Crippen LogP contribution in [0.2, 0.25) is 0 Å². The smallest absolute Gasteiger partial charge is 0.277 e. The first-order valence-corrected chi connectivity index (χ1v) is 9.17. The third kappa shape index (κ3) is 5.16.